The number of fused-ring (bicyclic) bond motifs is 4. The zero-order valence-corrected chi connectivity index (χ0v) is 68.1. The lowest BCUT2D eigenvalue weighted by molar-refractivity contribution is -0.260. The summed E-state index contributed by atoms with van der Waals surface area (Å²) in [6.07, 6.45) is -16.6. The van der Waals surface area contributed by atoms with E-state index in [1.165, 1.54) is 79.6 Å². The van der Waals surface area contributed by atoms with Crippen molar-refractivity contribution in [3.63, 3.8) is 0 Å². The fraction of sp³-hybridized carbons (Fsp3) is 0.616. The quantitative estimate of drug-likeness (QED) is 0.0741. The molecule has 4 bridgehead atoms. The molecule has 0 spiro atoms. The van der Waals surface area contributed by atoms with Gasteiger partial charge in [-0.15, -0.1) is 0 Å². The van der Waals surface area contributed by atoms with Gasteiger partial charge in [-0.2, -0.15) is 65.9 Å². The summed E-state index contributed by atoms with van der Waals surface area (Å²) in [6.45, 7) is 12.4. The average molecular weight is 1770 g/mol. The van der Waals surface area contributed by atoms with Crippen LogP contribution < -0.4 is 26.6 Å². The van der Waals surface area contributed by atoms with Crippen LogP contribution in [-0.4, -0.2) is 166 Å². The number of thioether (sulfide) groups is 5. The molecule has 5 saturated heterocycles. The molecular formula is C73H84F20N10O8S5. The number of hydrogen-bond donors (Lipinski definition) is 8. The summed E-state index contributed by atoms with van der Waals surface area (Å²) < 4.78 is 253. The number of carbonyl (C=O) groups is 5. The van der Waals surface area contributed by atoms with Crippen LogP contribution in [0.15, 0.2) is 97.8 Å². The minimum atomic E-state index is -5.20. The molecule has 4 aliphatic carbocycles. The number of nitrogens with one attached hydrogen (secondary N) is 5. The van der Waals surface area contributed by atoms with Crippen LogP contribution in [0.4, 0.5) is 87.8 Å². The average Bonchev–Trinajstić information content (AvgIpc) is 1.58. The highest BCUT2D eigenvalue weighted by molar-refractivity contribution is 8.17. The molecule has 43 heteroatoms. The van der Waals surface area contributed by atoms with Crippen LogP contribution >= 0.6 is 58.8 Å². The molecule has 9 fully saturated rings. The van der Waals surface area contributed by atoms with Gasteiger partial charge in [0.2, 0.25) is 40.9 Å². The molecule has 8 N–H and O–H groups in total. The van der Waals surface area contributed by atoms with Gasteiger partial charge in [0.05, 0.1) is 30.2 Å². The first-order valence-corrected chi connectivity index (χ1v) is 39.9. The van der Waals surface area contributed by atoms with E-state index in [0.717, 1.165) is 73.1 Å². The molecule has 3 aromatic carbocycles. The Morgan fingerprint density at radius 3 is 0.914 bits per heavy atom. The van der Waals surface area contributed by atoms with Crippen LogP contribution in [-0.2, 0) is 24.0 Å². The van der Waals surface area contributed by atoms with E-state index in [0.29, 0.717) is 128 Å². The topological polar surface area (TPSA) is 268 Å². The van der Waals surface area contributed by atoms with E-state index in [-0.39, 0.29) is 43.5 Å². The minimum Gasteiger partial charge on any atom is -0.379 e. The van der Waals surface area contributed by atoms with Crippen LogP contribution in [0.5, 0.6) is 0 Å². The number of alkyl halides is 17. The molecule has 0 aromatic heterocycles. The number of nitrogens with zero attached hydrogens (tertiary/aromatic N) is 5. The SMILES string of the molecule is CC1(C(C)(F)C(F)(F)F)SC(=N[C@H]2C[C@@H]3CC[C@H]2C3)NC1=O.CC1(C(C)(O)C(F)(F)F)SC(=N[C@H]2C[C@@H]3CC[C@H]2C3)NC1=O.C[C@H](N=C1NC(=O)C(C)(C(C)(F)C(F)(F)F)S1)c1ccc(F)cc1.C[C@H](N=C1NC(=O)C(C)(C(C)(O)C(F)(F)F)S1)c1ccc(F)cc1.C[C@H](N=C1NC(=O)C(C)(C(C)(O)C(F)(F)F)S1)c1ccccc1F. The zero-order valence-electron chi connectivity index (χ0n) is 64.0. The molecule has 10 unspecified atom stereocenters. The number of rotatable bonds is 13. The maximum atomic E-state index is 14.3. The number of carbonyl (C=O) groups excluding carboxylic acids is 5. The van der Waals surface area contributed by atoms with Gasteiger partial charge in [-0.1, -0.05) is 114 Å². The van der Waals surface area contributed by atoms with Gasteiger partial charge in [-0.25, -0.2) is 22.0 Å². The van der Waals surface area contributed by atoms with E-state index in [4.69, 9.17) is 0 Å². The Kier molecular flexibility index (Phi) is 27.5. The summed E-state index contributed by atoms with van der Waals surface area (Å²) in [6, 6.07) is 15.1. The van der Waals surface area contributed by atoms with Crippen molar-refractivity contribution >= 4 is 114 Å². The number of hydrogen-bond acceptors (Lipinski definition) is 18. The number of halogens is 20. The Bertz CT molecular complexity index is 4140. The third kappa shape index (κ3) is 18.7. The van der Waals surface area contributed by atoms with E-state index in [1.54, 1.807) is 26.8 Å². The Hall–Kier alpha value is -6.41. The molecule has 5 aliphatic heterocycles. The van der Waals surface area contributed by atoms with E-state index in [9.17, 15) is 127 Å². The number of amides is 5. The first kappa shape index (κ1) is 95.1. The molecule has 5 amide bonds. The molecule has 5 heterocycles. The Morgan fingerprint density at radius 1 is 0.371 bits per heavy atom. The van der Waals surface area contributed by atoms with Gasteiger partial charge in [0.1, 0.15) is 41.2 Å². The molecule has 0 radical (unpaired) electrons. The predicted octanol–water partition coefficient (Wildman–Crippen LogP) is 16.4. The molecule has 19 atom stereocenters. The highest BCUT2D eigenvalue weighted by Crippen LogP contribution is 2.57. The molecule has 644 valence electrons. The second-order valence-electron chi connectivity index (χ2n) is 31.0. The van der Waals surface area contributed by atoms with E-state index >= 15 is 0 Å². The smallest absolute Gasteiger partial charge is 0.379 e. The van der Waals surface area contributed by atoms with Crippen molar-refractivity contribution < 1.29 is 127 Å². The van der Waals surface area contributed by atoms with E-state index < -0.39 is 148 Å². The highest BCUT2D eigenvalue weighted by Gasteiger charge is 2.73. The van der Waals surface area contributed by atoms with Crippen LogP contribution in [0.2, 0.25) is 0 Å². The molecular weight excluding hydrogens is 1690 g/mol. The number of aliphatic hydroxyl groups is 3. The van der Waals surface area contributed by atoms with Crippen molar-refractivity contribution in [1.29, 1.82) is 0 Å². The fourth-order valence-electron chi connectivity index (χ4n) is 13.7. The maximum absolute atomic E-state index is 14.3. The van der Waals surface area contributed by atoms with Gasteiger partial charge in [-0.3, -0.25) is 48.9 Å². The summed E-state index contributed by atoms with van der Waals surface area (Å²) in [5.74, 6) is -4.04. The zero-order chi connectivity index (χ0) is 87.7. The third-order valence-electron chi connectivity index (χ3n) is 23.0. The van der Waals surface area contributed by atoms with Gasteiger partial charge in [-0.05, 0) is 194 Å². The summed E-state index contributed by atoms with van der Waals surface area (Å²) in [5.41, 5.74) is -15.5. The van der Waals surface area contributed by atoms with Gasteiger partial charge in [0.15, 0.2) is 42.6 Å². The Balaban J connectivity index is 0.000000181. The van der Waals surface area contributed by atoms with Gasteiger partial charge < -0.3 is 41.9 Å². The van der Waals surface area contributed by atoms with Crippen molar-refractivity contribution in [2.24, 2.45) is 48.6 Å². The van der Waals surface area contributed by atoms with Gasteiger partial charge in [0, 0.05) is 5.56 Å². The van der Waals surface area contributed by atoms with Crippen molar-refractivity contribution in [2.45, 2.75) is 254 Å². The van der Waals surface area contributed by atoms with E-state index in [2.05, 4.69) is 51.5 Å². The monoisotopic (exact) mass is 1770 g/mol. The summed E-state index contributed by atoms with van der Waals surface area (Å²) >= 11 is 2.66. The van der Waals surface area contributed by atoms with Crippen molar-refractivity contribution in [3.05, 3.63) is 107 Å². The van der Waals surface area contributed by atoms with Crippen molar-refractivity contribution in [1.82, 2.24) is 26.6 Å². The lowest BCUT2D eigenvalue weighted by Gasteiger charge is -2.37. The second-order valence-corrected chi connectivity index (χ2v) is 38.0. The van der Waals surface area contributed by atoms with E-state index in [1.807, 2.05) is 0 Å². The lowest BCUT2D eigenvalue weighted by Crippen LogP contribution is -2.61. The molecule has 4 saturated carbocycles. The van der Waals surface area contributed by atoms with Crippen molar-refractivity contribution in [3.8, 4) is 0 Å². The predicted molar refractivity (Wildman–Crippen MR) is 402 cm³/mol. The molecule has 116 heavy (non-hydrogen) atoms. The largest absolute Gasteiger partial charge is 0.424 e. The molecule has 9 aliphatic rings. The highest BCUT2D eigenvalue weighted by atomic mass is 32.2. The van der Waals surface area contributed by atoms with Crippen molar-refractivity contribution in [2.75, 3.05) is 0 Å². The van der Waals surface area contributed by atoms with Crippen LogP contribution in [0.3, 0.4) is 0 Å². The van der Waals surface area contributed by atoms with Gasteiger partial charge >= 0.3 is 30.9 Å². The van der Waals surface area contributed by atoms with Gasteiger partial charge in [0.25, 0.3) is 0 Å². The number of amidine groups is 5. The number of aliphatic imine (C=N–C) groups is 5. The minimum absolute atomic E-state index is 0.0242. The standard InChI is InChI=1S/C15H15F5N2OS.2C15H16F4N2O2S.C14H18F4N2OS.C14H19F3N2O2S/c1-8(9-4-6-10(16)7-5-9)21-12-22-11(23)13(2,24-12)14(3,17)15(18,19)20;1-8(9-4-6-10(16)7-5-9)20-12-21-11(22)13(2,24-12)14(3,23)15(17,18)19;1-8(9-6-4-5-7-10(9)16)20-12-21-11(22)13(2,24-12)14(3,23)15(17,18)19;1-12(13(2,15)14(16,17)18)10(21)20-11(22-12)19-9-6-7-3-4-8(9)5-7;1-12(13(2,21)14(15,16)17)10(20)19-11(22-12)18-9-6-7-3-4-8(9)5-7/h4-8H,1-3H3,(H,21,22,23);2*4-8,23H,1-3H3,(H,20,21,22);7-9H,3-6H2,1-2H3,(H,19,20,21);7-9,21H,3-6H2,1-2H3,(H,18,19,20)/t3*8-,13?,14?;2*7-,8+,9+,12?,13?/m00011/s1. The fourth-order valence-corrected chi connectivity index (χ4v) is 19.7. The van der Waals surface area contributed by atoms with Crippen LogP contribution in [0, 0.1) is 41.1 Å². The summed E-state index contributed by atoms with van der Waals surface area (Å²) in [7, 11) is 0. The second kappa shape index (κ2) is 33.5. The maximum Gasteiger partial charge on any atom is 0.424 e. The Morgan fingerprint density at radius 2 is 0.638 bits per heavy atom. The summed E-state index contributed by atoms with van der Waals surface area (Å²) in [4.78, 5) is 81.3. The summed E-state index contributed by atoms with van der Waals surface area (Å²) in [5, 5.41) is 41.2. The molecule has 18 nitrogen and oxygen atoms in total. The van der Waals surface area contributed by atoms with Crippen LogP contribution in [0.25, 0.3) is 0 Å². The normalized spacial score (nSPS) is 33.0. The first-order chi connectivity index (χ1) is 52.7. The third-order valence-corrected chi connectivity index (χ3v) is 30.0. The molecule has 3 aromatic rings. The number of benzene rings is 3. The lowest BCUT2D eigenvalue weighted by atomic mass is 9.88. The Labute approximate surface area is 674 Å². The van der Waals surface area contributed by atoms with Crippen LogP contribution in [0.1, 0.15) is 176 Å². The molecule has 12 rings (SSSR count). The first-order valence-electron chi connectivity index (χ1n) is 35.8.